The van der Waals surface area contributed by atoms with E-state index in [0.717, 1.165) is 5.39 Å². The van der Waals surface area contributed by atoms with Gasteiger partial charge in [-0.1, -0.05) is 24.3 Å². The van der Waals surface area contributed by atoms with E-state index in [1.165, 1.54) is 11.3 Å². The number of anilines is 1. The van der Waals surface area contributed by atoms with Crippen molar-refractivity contribution >= 4 is 45.7 Å². The number of nitrogens with one attached hydrogen (secondary N) is 3. The number of para-hydroxylation sites is 1. The summed E-state index contributed by atoms with van der Waals surface area (Å²) < 4.78 is 5.58. The van der Waals surface area contributed by atoms with Crippen LogP contribution < -0.4 is 16.2 Å². The summed E-state index contributed by atoms with van der Waals surface area (Å²) in [5, 5.41) is 5.42. The molecule has 2 heterocycles. The van der Waals surface area contributed by atoms with Crippen molar-refractivity contribution in [1.29, 1.82) is 0 Å². The van der Waals surface area contributed by atoms with Crippen LogP contribution in [0.2, 0.25) is 0 Å². The van der Waals surface area contributed by atoms with Gasteiger partial charge >= 0.3 is 5.91 Å². The molecule has 0 aliphatic heterocycles. The molecular weight excluding hydrogens is 402 g/mol. The molecule has 4 aromatic rings. The first kappa shape index (κ1) is 19.4. The quantitative estimate of drug-likeness (QED) is 0.433. The van der Waals surface area contributed by atoms with Crippen LogP contribution in [0.3, 0.4) is 0 Å². The molecule has 150 valence electrons. The van der Waals surface area contributed by atoms with Crippen LogP contribution in [0.25, 0.3) is 11.0 Å². The molecule has 0 saturated carbocycles. The largest absolute Gasteiger partial charge is 0.451 e. The zero-order chi connectivity index (χ0) is 21.1. The molecule has 0 atom stereocenters. The fourth-order valence-electron chi connectivity index (χ4n) is 2.94. The third-order valence-electron chi connectivity index (χ3n) is 4.49. The van der Waals surface area contributed by atoms with Crippen LogP contribution in [0.4, 0.5) is 5.69 Å². The number of aryl methyl sites for hydroxylation is 1. The number of rotatable bonds is 4. The van der Waals surface area contributed by atoms with Gasteiger partial charge < -0.3 is 9.73 Å². The van der Waals surface area contributed by atoms with Crippen LogP contribution in [-0.4, -0.2) is 17.7 Å². The van der Waals surface area contributed by atoms with Crippen molar-refractivity contribution in [3.63, 3.8) is 0 Å². The van der Waals surface area contributed by atoms with E-state index in [1.807, 2.05) is 23.6 Å². The minimum atomic E-state index is -0.545. The van der Waals surface area contributed by atoms with Crippen molar-refractivity contribution in [3.05, 3.63) is 87.8 Å². The molecule has 0 aliphatic carbocycles. The smallest absolute Gasteiger partial charge is 0.305 e. The van der Waals surface area contributed by atoms with Gasteiger partial charge in [-0.05, 0) is 48.7 Å². The lowest BCUT2D eigenvalue weighted by Crippen LogP contribution is -2.41. The van der Waals surface area contributed by atoms with E-state index in [2.05, 4.69) is 16.2 Å². The van der Waals surface area contributed by atoms with Crippen LogP contribution in [0.1, 0.15) is 36.1 Å². The van der Waals surface area contributed by atoms with E-state index >= 15 is 0 Å². The third kappa shape index (κ3) is 3.94. The highest BCUT2D eigenvalue weighted by Crippen LogP contribution is 2.24. The van der Waals surface area contributed by atoms with E-state index in [4.69, 9.17) is 4.42 Å². The maximum Gasteiger partial charge on any atom is 0.305 e. The number of thiophene rings is 1. The van der Waals surface area contributed by atoms with Crippen molar-refractivity contribution in [2.45, 2.75) is 6.92 Å². The predicted octanol–water partition coefficient (Wildman–Crippen LogP) is 4.13. The minimum absolute atomic E-state index is 0.142. The first-order valence-corrected chi connectivity index (χ1v) is 9.94. The predicted molar refractivity (Wildman–Crippen MR) is 115 cm³/mol. The monoisotopic (exact) mass is 419 g/mol. The molecular formula is C22H17N3O4S. The summed E-state index contributed by atoms with van der Waals surface area (Å²) in [6.45, 7) is 1.78. The Morgan fingerprint density at radius 1 is 0.833 bits per heavy atom. The van der Waals surface area contributed by atoms with Gasteiger partial charge in [0.2, 0.25) is 0 Å². The van der Waals surface area contributed by atoms with Gasteiger partial charge in [0.05, 0.1) is 4.88 Å². The second kappa shape index (κ2) is 8.22. The first-order valence-electron chi connectivity index (χ1n) is 9.06. The molecule has 0 bridgehead atoms. The van der Waals surface area contributed by atoms with Gasteiger partial charge in [0.1, 0.15) is 5.58 Å². The first-order chi connectivity index (χ1) is 14.5. The van der Waals surface area contributed by atoms with Gasteiger partial charge in [0, 0.05) is 22.2 Å². The zero-order valence-corrected chi connectivity index (χ0v) is 16.7. The van der Waals surface area contributed by atoms with Crippen molar-refractivity contribution < 1.29 is 18.8 Å². The van der Waals surface area contributed by atoms with Crippen LogP contribution in [0.5, 0.6) is 0 Å². The molecule has 30 heavy (non-hydrogen) atoms. The Kier molecular flexibility index (Phi) is 5.32. The molecule has 3 N–H and O–H groups in total. The third-order valence-corrected chi connectivity index (χ3v) is 5.36. The standard InChI is InChI=1S/C22H17N3O4S/c1-13-16-5-2-3-6-17(16)29-19(13)22(28)25-24-20(26)14-8-10-15(11-9-14)23-21(27)18-7-4-12-30-18/h2-12H,1H3,(H,23,27)(H,24,26)(H,25,28). The maximum absolute atomic E-state index is 12.4. The molecule has 0 saturated heterocycles. The molecule has 0 aliphatic rings. The molecule has 0 unspecified atom stereocenters. The Balaban J connectivity index is 1.37. The molecule has 2 aromatic heterocycles. The van der Waals surface area contributed by atoms with Gasteiger partial charge in [-0.3, -0.25) is 25.2 Å². The number of fused-ring (bicyclic) bond motifs is 1. The summed E-state index contributed by atoms with van der Waals surface area (Å²) in [5.41, 5.74) is 6.92. The number of hydrazine groups is 1. The Morgan fingerprint density at radius 2 is 1.57 bits per heavy atom. The highest BCUT2D eigenvalue weighted by Gasteiger charge is 2.18. The van der Waals surface area contributed by atoms with Crippen molar-refractivity contribution in [3.8, 4) is 0 Å². The lowest BCUT2D eigenvalue weighted by atomic mass is 10.1. The lowest BCUT2D eigenvalue weighted by molar-refractivity contribution is 0.0831. The van der Waals surface area contributed by atoms with E-state index in [-0.39, 0.29) is 11.7 Å². The molecule has 7 nitrogen and oxygen atoms in total. The minimum Gasteiger partial charge on any atom is -0.451 e. The summed E-state index contributed by atoms with van der Waals surface area (Å²) in [5.74, 6) is -1.11. The Labute approximate surface area is 175 Å². The number of carbonyl (C=O) groups excluding carboxylic acids is 3. The second-order valence-corrected chi connectivity index (χ2v) is 7.42. The Bertz CT molecular complexity index is 1230. The lowest BCUT2D eigenvalue weighted by Gasteiger charge is -2.08. The number of amides is 3. The van der Waals surface area contributed by atoms with Crippen molar-refractivity contribution in [1.82, 2.24) is 10.9 Å². The van der Waals surface area contributed by atoms with Gasteiger partial charge in [-0.25, -0.2) is 0 Å². The van der Waals surface area contributed by atoms with E-state index in [9.17, 15) is 14.4 Å². The molecule has 0 spiro atoms. The molecule has 0 radical (unpaired) electrons. The average molecular weight is 419 g/mol. The average Bonchev–Trinajstić information content (AvgIpc) is 3.41. The van der Waals surface area contributed by atoms with Gasteiger partial charge in [0.25, 0.3) is 11.8 Å². The van der Waals surface area contributed by atoms with Gasteiger partial charge in [-0.2, -0.15) is 0 Å². The summed E-state index contributed by atoms with van der Waals surface area (Å²) in [7, 11) is 0. The zero-order valence-electron chi connectivity index (χ0n) is 15.9. The number of benzene rings is 2. The topological polar surface area (TPSA) is 100 Å². The molecule has 3 amide bonds. The van der Waals surface area contributed by atoms with Crippen molar-refractivity contribution in [2.75, 3.05) is 5.32 Å². The summed E-state index contributed by atoms with van der Waals surface area (Å²) in [6.07, 6.45) is 0. The number of hydrogen-bond acceptors (Lipinski definition) is 5. The maximum atomic E-state index is 12.4. The van der Waals surface area contributed by atoms with Crippen molar-refractivity contribution in [2.24, 2.45) is 0 Å². The summed E-state index contributed by atoms with van der Waals surface area (Å²) in [6, 6.07) is 17.2. The molecule has 4 rings (SSSR count). The Morgan fingerprint density at radius 3 is 2.27 bits per heavy atom. The number of furan rings is 1. The van der Waals surface area contributed by atoms with Crippen LogP contribution in [0, 0.1) is 6.92 Å². The fraction of sp³-hybridized carbons (Fsp3) is 0.0455. The van der Waals surface area contributed by atoms with Crippen LogP contribution in [0.15, 0.2) is 70.5 Å². The molecule has 8 heteroatoms. The second-order valence-electron chi connectivity index (χ2n) is 6.47. The molecule has 2 aromatic carbocycles. The number of hydrogen-bond donors (Lipinski definition) is 3. The van der Waals surface area contributed by atoms with E-state index < -0.39 is 11.8 Å². The van der Waals surface area contributed by atoms with E-state index in [1.54, 1.807) is 49.4 Å². The highest BCUT2D eigenvalue weighted by molar-refractivity contribution is 7.12. The Hall–Kier alpha value is -3.91. The normalized spacial score (nSPS) is 10.6. The number of carbonyl (C=O) groups is 3. The summed E-state index contributed by atoms with van der Waals surface area (Å²) in [4.78, 5) is 37.4. The van der Waals surface area contributed by atoms with E-state index in [0.29, 0.717) is 27.3 Å². The van der Waals surface area contributed by atoms with Crippen LogP contribution >= 0.6 is 11.3 Å². The van der Waals surface area contributed by atoms with Gasteiger partial charge in [-0.15, -0.1) is 11.3 Å². The molecule has 0 fully saturated rings. The van der Waals surface area contributed by atoms with Crippen LogP contribution in [-0.2, 0) is 0 Å². The summed E-state index contributed by atoms with van der Waals surface area (Å²) >= 11 is 1.34. The highest BCUT2D eigenvalue weighted by atomic mass is 32.1. The fourth-order valence-corrected chi connectivity index (χ4v) is 3.56. The SMILES string of the molecule is Cc1c(C(=O)NNC(=O)c2ccc(NC(=O)c3cccs3)cc2)oc2ccccc12. The van der Waals surface area contributed by atoms with Gasteiger partial charge in [0.15, 0.2) is 5.76 Å².